The molecule has 2 rings (SSSR count). The summed E-state index contributed by atoms with van der Waals surface area (Å²) >= 11 is 0. The van der Waals surface area contributed by atoms with E-state index in [1.165, 1.54) is 36.9 Å². The molecule has 0 spiro atoms. The van der Waals surface area contributed by atoms with Gasteiger partial charge in [0.15, 0.2) is 0 Å². The molecule has 2 N–H and O–H groups in total. The van der Waals surface area contributed by atoms with Gasteiger partial charge < -0.3 is 10.4 Å². The lowest BCUT2D eigenvalue weighted by Crippen LogP contribution is -2.30. The van der Waals surface area contributed by atoms with Gasteiger partial charge in [0.25, 0.3) is 0 Å². The molecule has 0 atom stereocenters. The van der Waals surface area contributed by atoms with Crippen molar-refractivity contribution in [1.82, 2.24) is 4.98 Å². The third kappa shape index (κ3) is 6.50. The molecule has 0 saturated carbocycles. The monoisotopic (exact) mass is 332 g/mol. The number of hydrogen-bond acceptors (Lipinski definition) is 3. The van der Waals surface area contributed by atoms with Gasteiger partial charge in [0.05, 0.1) is 0 Å². The number of pyridine rings is 1. The van der Waals surface area contributed by atoms with Crippen LogP contribution in [0.25, 0.3) is 0 Å². The maximum atomic E-state index is 10.4. The lowest BCUT2D eigenvalue weighted by molar-refractivity contribution is -0.137. The van der Waals surface area contributed by atoms with E-state index in [4.69, 9.17) is 10.1 Å². The Hall–Kier alpha value is -1.58. The molecule has 1 aliphatic heterocycles. The summed E-state index contributed by atoms with van der Waals surface area (Å²) in [5.41, 5.74) is 2.67. The first-order valence-corrected chi connectivity index (χ1v) is 9.45. The lowest BCUT2D eigenvalue weighted by atomic mass is 9.99. The lowest BCUT2D eigenvalue weighted by Gasteiger charge is -2.25. The van der Waals surface area contributed by atoms with Crippen molar-refractivity contribution in [3.8, 4) is 0 Å². The summed E-state index contributed by atoms with van der Waals surface area (Å²) in [7, 11) is 0. The number of aryl methyl sites for hydroxylation is 2. The Kier molecular flexibility index (Phi) is 7.07. The van der Waals surface area contributed by atoms with Gasteiger partial charge in [0, 0.05) is 17.7 Å². The molecule has 4 nitrogen and oxygen atoms in total. The minimum absolute atomic E-state index is 0.132. The number of carboxylic acids is 1. The second kappa shape index (κ2) is 9.05. The molecule has 0 radical (unpaired) electrons. The van der Waals surface area contributed by atoms with Gasteiger partial charge in [-0.3, -0.25) is 4.79 Å². The maximum absolute atomic E-state index is 10.4. The minimum Gasteiger partial charge on any atom is -0.481 e. The molecular weight excluding hydrogens is 300 g/mol. The number of hydrogen-bond donors (Lipinski definition) is 2. The van der Waals surface area contributed by atoms with E-state index in [1.807, 2.05) is 0 Å². The number of nitrogens with zero attached hydrogens (tertiary/aromatic N) is 1. The number of carbonyl (C=O) groups is 1. The predicted octanol–water partition coefficient (Wildman–Crippen LogP) is 4.97. The van der Waals surface area contributed by atoms with Crippen molar-refractivity contribution in [2.24, 2.45) is 0 Å². The molecule has 0 aliphatic carbocycles. The first kappa shape index (κ1) is 18.8. The molecule has 0 saturated heterocycles. The molecule has 0 unspecified atom stereocenters. The van der Waals surface area contributed by atoms with Crippen LogP contribution < -0.4 is 5.32 Å². The minimum atomic E-state index is -0.680. The first-order valence-electron chi connectivity index (χ1n) is 9.45. The van der Waals surface area contributed by atoms with Crippen LogP contribution in [0.2, 0.25) is 0 Å². The van der Waals surface area contributed by atoms with Crippen molar-refractivity contribution >= 4 is 11.8 Å². The molecule has 0 fully saturated rings. The van der Waals surface area contributed by atoms with Crippen molar-refractivity contribution in [3.05, 3.63) is 23.4 Å². The number of anilines is 1. The van der Waals surface area contributed by atoms with E-state index in [0.29, 0.717) is 6.42 Å². The van der Waals surface area contributed by atoms with E-state index >= 15 is 0 Å². The highest BCUT2D eigenvalue weighted by atomic mass is 16.4. The molecule has 0 aromatic carbocycles. The second-order valence-corrected chi connectivity index (χ2v) is 7.69. The fourth-order valence-corrected chi connectivity index (χ4v) is 3.37. The number of aliphatic carboxylic acids is 1. The van der Waals surface area contributed by atoms with Crippen LogP contribution in [0.4, 0.5) is 5.82 Å². The zero-order valence-electron chi connectivity index (χ0n) is 15.2. The summed E-state index contributed by atoms with van der Waals surface area (Å²) < 4.78 is 0. The van der Waals surface area contributed by atoms with E-state index in [9.17, 15) is 4.79 Å². The van der Waals surface area contributed by atoms with Crippen LogP contribution in [0.5, 0.6) is 0 Å². The van der Waals surface area contributed by atoms with Gasteiger partial charge in [-0.15, -0.1) is 0 Å². The smallest absolute Gasteiger partial charge is 0.303 e. The van der Waals surface area contributed by atoms with Gasteiger partial charge in [-0.2, -0.15) is 0 Å². The third-order valence-corrected chi connectivity index (χ3v) is 4.81. The van der Waals surface area contributed by atoms with Crippen LogP contribution in [-0.4, -0.2) is 21.6 Å². The molecule has 0 bridgehead atoms. The SMILES string of the molecule is CC1(C)CCCc2ccc(CCCCCCCCC(=O)O)nc2N1. The molecule has 0 amide bonds. The molecule has 1 aliphatic rings. The fourth-order valence-electron chi connectivity index (χ4n) is 3.37. The van der Waals surface area contributed by atoms with E-state index < -0.39 is 5.97 Å². The number of rotatable bonds is 9. The van der Waals surface area contributed by atoms with E-state index in [2.05, 4.69) is 31.3 Å². The molecule has 1 aromatic heterocycles. The number of unbranched alkanes of at least 4 members (excludes halogenated alkanes) is 5. The highest BCUT2D eigenvalue weighted by molar-refractivity contribution is 5.66. The van der Waals surface area contributed by atoms with Crippen LogP contribution in [0.1, 0.15) is 82.9 Å². The summed E-state index contributed by atoms with van der Waals surface area (Å²) in [5.74, 6) is 0.407. The zero-order chi connectivity index (χ0) is 17.4. The first-order chi connectivity index (χ1) is 11.5. The van der Waals surface area contributed by atoms with Gasteiger partial charge in [-0.25, -0.2) is 4.98 Å². The van der Waals surface area contributed by atoms with Crippen molar-refractivity contribution in [1.29, 1.82) is 0 Å². The van der Waals surface area contributed by atoms with Crippen LogP contribution in [0.15, 0.2) is 12.1 Å². The molecule has 1 aromatic rings. The van der Waals surface area contributed by atoms with E-state index in [-0.39, 0.29) is 5.54 Å². The molecule has 134 valence electrons. The summed E-state index contributed by atoms with van der Waals surface area (Å²) in [6.07, 6.45) is 11.4. The van der Waals surface area contributed by atoms with Crippen molar-refractivity contribution in [2.45, 2.75) is 90.0 Å². The van der Waals surface area contributed by atoms with Crippen LogP contribution >= 0.6 is 0 Å². The van der Waals surface area contributed by atoms with E-state index in [0.717, 1.165) is 44.3 Å². The molecule has 2 heterocycles. The Morgan fingerprint density at radius 1 is 1.17 bits per heavy atom. The largest absolute Gasteiger partial charge is 0.481 e. The van der Waals surface area contributed by atoms with Gasteiger partial charge in [-0.1, -0.05) is 31.7 Å². The topological polar surface area (TPSA) is 62.2 Å². The van der Waals surface area contributed by atoms with Crippen molar-refractivity contribution in [2.75, 3.05) is 5.32 Å². The Morgan fingerprint density at radius 3 is 2.62 bits per heavy atom. The van der Waals surface area contributed by atoms with Crippen molar-refractivity contribution in [3.63, 3.8) is 0 Å². The van der Waals surface area contributed by atoms with Crippen LogP contribution in [-0.2, 0) is 17.6 Å². The normalized spacial score (nSPS) is 16.1. The van der Waals surface area contributed by atoms with Gasteiger partial charge in [-0.05, 0) is 64.0 Å². The van der Waals surface area contributed by atoms with Crippen molar-refractivity contribution < 1.29 is 9.90 Å². The van der Waals surface area contributed by atoms with Gasteiger partial charge >= 0.3 is 5.97 Å². The summed E-state index contributed by atoms with van der Waals surface area (Å²) in [5, 5.41) is 12.2. The zero-order valence-corrected chi connectivity index (χ0v) is 15.2. The standard InChI is InChI=1S/C20H32N2O2/c1-20(2)15-9-10-16-13-14-17(21-19(16)22-20)11-7-5-3-4-6-8-12-18(23)24/h13-14H,3-12,15H2,1-2H3,(H,21,22)(H,23,24). The molecule has 4 heteroatoms. The van der Waals surface area contributed by atoms with Crippen LogP contribution in [0.3, 0.4) is 0 Å². The Morgan fingerprint density at radius 2 is 1.88 bits per heavy atom. The van der Waals surface area contributed by atoms with Crippen LogP contribution in [0, 0.1) is 0 Å². The number of fused-ring (bicyclic) bond motifs is 1. The highest BCUT2D eigenvalue weighted by Gasteiger charge is 2.22. The fraction of sp³-hybridized carbons (Fsp3) is 0.700. The Balaban J connectivity index is 1.70. The average molecular weight is 332 g/mol. The number of nitrogens with one attached hydrogen (secondary N) is 1. The quantitative estimate of drug-likeness (QED) is 0.627. The highest BCUT2D eigenvalue weighted by Crippen LogP contribution is 2.28. The Bertz CT molecular complexity index is 540. The van der Waals surface area contributed by atoms with E-state index in [1.54, 1.807) is 0 Å². The van der Waals surface area contributed by atoms with Gasteiger partial charge in [0.2, 0.25) is 0 Å². The summed E-state index contributed by atoms with van der Waals surface area (Å²) in [4.78, 5) is 15.3. The second-order valence-electron chi connectivity index (χ2n) is 7.69. The molecule has 24 heavy (non-hydrogen) atoms. The third-order valence-electron chi connectivity index (χ3n) is 4.81. The number of carboxylic acid groups (broad SMARTS) is 1. The maximum Gasteiger partial charge on any atom is 0.303 e. The predicted molar refractivity (Wildman–Crippen MR) is 98.5 cm³/mol. The summed E-state index contributed by atoms with van der Waals surface area (Å²) in [6.45, 7) is 4.50. The average Bonchev–Trinajstić information content (AvgIpc) is 2.66. The van der Waals surface area contributed by atoms with Gasteiger partial charge in [0.1, 0.15) is 5.82 Å². The summed E-state index contributed by atoms with van der Waals surface area (Å²) in [6, 6.07) is 4.43. The Labute approximate surface area is 146 Å². The number of aromatic nitrogens is 1. The molecular formula is C20H32N2O2.